The minimum absolute atomic E-state index is 0.833. The third kappa shape index (κ3) is 1.62. The zero-order chi connectivity index (χ0) is 12.5. The van der Waals surface area contributed by atoms with Gasteiger partial charge in [0.05, 0.1) is 18.3 Å². The number of nitrogens with zero attached hydrogens (tertiary/aromatic N) is 3. The summed E-state index contributed by atoms with van der Waals surface area (Å²) in [6.07, 6.45) is 0. The van der Waals surface area contributed by atoms with Crippen LogP contribution in [0.4, 0.5) is 0 Å². The van der Waals surface area contributed by atoms with Crippen molar-refractivity contribution >= 4 is 11.0 Å². The van der Waals surface area contributed by atoms with E-state index >= 15 is 0 Å². The van der Waals surface area contributed by atoms with Crippen molar-refractivity contribution in [2.24, 2.45) is 0 Å². The molecule has 3 rings (SSSR count). The molecule has 0 bridgehead atoms. The Morgan fingerprint density at radius 1 is 1.06 bits per heavy atom. The van der Waals surface area contributed by atoms with E-state index in [1.54, 1.807) is 7.11 Å². The molecule has 0 radical (unpaired) electrons. The van der Waals surface area contributed by atoms with Gasteiger partial charge in [0.1, 0.15) is 11.3 Å². The summed E-state index contributed by atoms with van der Waals surface area (Å²) in [6.45, 7) is 2.06. The van der Waals surface area contributed by atoms with Crippen LogP contribution < -0.4 is 4.74 Å². The van der Waals surface area contributed by atoms with Crippen molar-refractivity contribution in [3.63, 3.8) is 0 Å². The topological polar surface area (TPSA) is 39.9 Å². The molecule has 0 spiro atoms. The molecule has 4 heteroatoms. The zero-order valence-electron chi connectivity index (χ0n) is 10.3. The molecule has 1 heterocycles. The van der Waals surface area contributed by atoms with Gasteiger partial charge in [-0.15, -0.1) is 5.10 Å². The summed E-state index contributed by atoms with van der Waals surface area (Å²) in [5.74, 6) is 0.833. The molecule has 0 unspecified atom stereocenters. The van der Waals surface area contributed by atoms with E-state index in [9.17, 15) is 0 Å². The maximum Gasteiger partial charge on any atom is 0.119 e. The monoisotopic (exact) mass is 239 g/mol. The number of aryl methyl sites for hydroxylation is 1. The van der Waals surface area contributed by atoms with Gasteiger partial charge in [0.25, 0.3) is 0 Å². The molecule has 1 aromatic heterocycles. The molecule has 18 heavy (non-hydrogen) atoms. The molecule has 0 amide bonds. The van der Waals surface area contributed by atoms with Crippen molar-refractivity contribution in [1.82, 2.24) is 15.0 Å². The van der Waals surface area contributed by atoms with Gasteiger partial charge in [0.2, 0.25) is 0 Å². The SMILES string of the molecule is COc1ccc(-n2nnc3cccc(C)c32)cc1. The van der Waals surface area contributed by atoms with Crippen LogP contribution in [0.3, 0.4) is 0 Å². The zero-order valence-corrected chi connectivity index (χ0v) is 10.3. The van der Waals surface area contributed by atoms with Crippen LogP contribution in [-0.2, 0) is 0 Å². The minimum atomic E-state index is 0.833. The van der Waals surface area contributed by atoms with Crippen molar-refractivity contribution in [2.75, 3.05) is 7.11 Å². The van der Waals surface area contributed by atoms with Gasteiger partial charge in [0.15, 0.2) is 0 Å². The maximum absolute atomic E-state index is 5.15. The Bertz CT molecular complexity index is 686. The third-order valence-corrected chi connectivity index (χ3v) is 2.99. The van der Waals surface area contributed by atoms with Crippen molar-refractivity contribution in [3.8, 4) is 11.4 Å². The van der Waals surface area contributed by atoms with Crippen LogP contribution in [0.15, 0.2) is 42.5 Å². The minimum Gasteiger partial charge on any atom is -0.497 e. The van der Waals surface area contributed by atoms with Gasteiger partial charge in [-0.2, -0.15) is 0 Å². The van der Waals surface area contributed by atoms with E-state index in [1.807, 2.05) is 41.1 Å². The van der Waals surface area contributed by atoms with Crippen LogP contribution in [0, 0.1) is 6.92 Å². The molecule has 0 aliphatic rings. The van der Waals surface area contributed by atoms with Crippen molar-refractivity contribution in [2.45, 2.75) is 6.92 Å². The molecule has 0 aliphatic heterocycles. The molecule has 4 nitrogen and oxygen atoms in total. The van der Waals surface area contributed by atoms with E-state index < -0.39 is 0 Å². The second-order valence-electron chi connectivity index (χ2n) is 4.14. The predicted octanol–water partition coefficient (Wildman–Crippen LogP) is 2.74. The lowest BCUT2D eigenvalue weighted by molar-refractivity contribution is 0.414. The van der Waals surface area contributed by atoms with E-state index in [2.05, 4.69) is 23.3 Å². The van der Waals surface area contributed by atoms with E-state index in [-0.39, 0.29) is 0 Å². The first kappa shape index (κ1) is 10.8. The number of hydrogen-bond acceptors (Lipinski definition) is 3. The van der Waals surface area contributed by atoms with Crippen LogP contribution in [0.1, 0.15) is 5.56 Å². The first-order chi connectivity index (χ1) is 8.79. The van der Waals surface area contributed by atoms with Crippen LogP contribution in [0.5, 0.6) is 5.75 Å². The number of methoxy groups -OCH3 is 1. The number of para-hydroxylation sites is 1. The van der Waals surface area contributed by atoms with Gasteiger partial charge in [-0.3, -0.25) is 0 Å². The highest BCUT2D eigenvalue weighted by molar-refractivity contribution is 5.79. The fourth-order valence-electron chi connectivity index (χ4n) is 2.04. The Balaban J connectivity index is 2.18. The number of ether oxygens (including phenoxy) is 1. The maximum atomic E-state index is 5.15. The van der Waals surface area contributed by atoms with E-state index in [1.165, 1.54) is 0 Å². The molecule has 2 aromatic carbocycles. The molecular weight excluding hydrogens is 226 g/mol. The van der Waals surface area contributed by atoms with E-state index in [0.29, 0.717) is 0 Å². The van der Waals surface area contributed by atoms with Crippen molar-refractivity contribution < 1.29 is 4.74 Å². The molecule has 0 saturated heterocycles. The Kier molecular flexibility index (Phi) is 2.48. The molecule has 0 saturated carbocycles. The van der Waals surface area contributed by atoms with Gasteiger partial charge in [-0.1, -0.05) is 17.3 Å². The lowest BCUT2D eigenvalue weighted by Crippen LogP contribution is -1.97. The number of aromatic nitrogens is 3. The van der Waals surface area contributed by atoms with Crippen LogP contribution in [-0.4, -0.2) is 22.1 Å². The summed E-state index contributed by atoms with van der Waals surface area (Å²) in [4.78, 5) is 0. The highest BCUT2D eigenvalue weighted by atomic mass is 16.5. The molecule has 0 N–H and O–H groups in total. The summed E-state index contributed by atoms with van der Waals surface area (Å²) < 4.78 is 7.00. The van der Waals surface area contributed by atoms with E-state index in [4.69, 9.17) is 4.74 Å². The van der Waals surface area contributed by atoms with Crippen LogP contribution in [0.2, 0.25) is 0 Å². The second kappa shape index (κ2) is 4.14. The number of benzene rings is 2. The number of hydrogen-bond donors (Lipinski definition) is 0. The lowest BCUT2D eigenvalue weighted by atomic mass is 10.2. The Morgan fingerprint density at radius 2 is 1.83 bits per heavy atom. The molecule has 0 atom stereocenters. The normalized spacial score (nSPS) is 10.8. The molecule has 90 valence electrons. The standard InChI is InChI=1S/C14H13N3O/c1-10-4-3-5-13-14(10)17(16-15-13)11-6-8-12(18-2)9-7-11/h3-9H,1-2H3. The highest BCUT2D eigenvalue weighted by Gasteiger charge is 2.08. The molecule has 0 aliphatic carbocycles. The Labute approximate surface area is 105 Å². The van der Waals surface area contributed by atoms with E-state index in [0.717, 1.165) is 28.0 Å². The summed E-state index contributed by atoms with van der Waals surface area (Å²) >= 11 is 0. The fourth-order valence-corrected chi connectivity index (χ4v) is 2.04. The average molecular weight is 239 g/mol. The predicted molar refractivity (Wildman–Crippen MR) is 70.2 cm³/mol. The van der Waals surface area contributed by atoms with Gasteiger partial charge in [0, 0.05) is 0 Å². The number of fused-ring (bicyclic) bond motifs is 1. The fraction of sp³-hybridized carbons (Fsp3) is 0.143. The summed E-state index contributed by atoms with van der Waals surface area (Å²) in [6, 6.07) is 13.8. The molecule has 0 fully saturated rings. The first-order valence-corrected chi connectivity index (χ1v) is 5.75. The van der Waals surface area contributed by atoms with Crippen molar-refractivity contribution in [3.05, 3.63) is 48.0 Å². The molecular formula is C14H13N3O. The average Bonchev–Trinajstić information content (AvgIpc) is 2.84. The van der Waals surface area contributed by atoms with Gasteiger partial charge >= 0.3 is 0 Å². The van der Waals surface area contributed by atoms with Crippen LogP contribution >= 0.6 is 0 Å². The number of rotatable bonds is 2. The van der Waals surface area contributed by atoms with Crippen molar-refractivity contribution in [1.29, 1.82) is 0 Å². The largest absolute Gasteiger partial charge is 0.497 e. The van der Waals surface area contributed by atoms with Gasteiger partial charge in [-0.05, 0) is 42.8 Å². The summed E-state index contributed by atoms with van der Waals surface area (Å²) in [5.41, 5.74) is 4.09. The third-order valence-electron chi connectivity index (χ3n) is 2.99. The lowest BCUT2D eigenvalue weighted by Gasteiger charge is -2.05. The quantitative estimate of drug-likeness (QED) is 0.690. The summed E-state index contributed by atoms with van der Waals surface area (Å²) in [5, 5.41) is 8.39. The van der Waals surface area contributed by atoms with Gasteiger partial charge < -0.3 is 4.74 Å². The Hall–Kier alpha value is -2.36. The van der Waals surface area contributed by atoms with Gasteiger partial charge in [-0.25, -0.2) is 4.68 Å². The Morgan fingerprint density at radius 3 is 2.56 bits per heavy atom. The highest BCUT2D eigenvalue weighted by Crippen LogP contribution is 2.21. The first-order valence-electron chi connectivity index (χ1n) is 5.75. The smallest absolute Gasteiger partial charge is 0.119 e. The second-order valence-corrected chi connectivity index (χ2v) is 4.14. The molecule has 3 aromatic rings. The van der Waals surface area contributed by atoms with Crippen LogP contribution in [0.25, 0.3) is 16.7 Å². The summed E-state index contributed by atoms with van der Waals surface area (Å²) in [7, 11) is 1.66.